The molecule has 1 fully saturated rings. The Balaban J connectivity index is 1.83. The highest BCUT2D eigenvalue weighted by Gasteiger charge is 2.35. The second kappa shape index (κ2) is 4.32. The van der Waals surface area contributed by atoms with Gasteiger partial charge in [-0.2, -0.15) is 0 Å². The van der Waals surface area contributed by atoms with Crippen LogP contribution in [0.2, 0.25) is 0 Å². The monoisotopic (exact) mass is 210 g/mol. The molecule has 78 valence electrons. The van der Waals surface area contributed by atoms with Gasteiger partial charge in [-0.15, -0.1) is 11.3 Å². The quantitative estimate of drug-likeness (QED) is 0.780. The maximum Gasteiger partial charge on any atom is 0.0882 e. The Bertz CT molecular complexity index is 265. The van der Waals surface area contributed by atoms with Gasteiger partial charge >= 0.3 is 0 Å². The van der Waals surface area contributed by atoms with Crippen molar-refractivity contribution in [2.75, 3.05) is 25.5 Å². The first-order valence-electron chi connectivity index (χ1n) is 5.27. The van der Waals surface area contributed by atoms with Crippen LogP contribution in [0.5, 0.6) is 0 Å². The van der Waals surface area contributed by atoms with Crippen molar-refractivity contribution in [2.45, 2.75) is 19.3 Å². The van der Waals surface area contributed by atoms with Gasteiger partial charge in [-0.25, -0.2) is 0 Å². The van der Waals surface area contributed by atoms with Gasteiger partial charge in [0.2, 0.25) is 0 Å². The molecule has 0 aromatic carbocycles. The second-order valence-corrected chi connectivity index (χ2v) is 5.16. The number of rotatable bonds is 5. The van der Waals surface area contributed by atoms with Crippen LogP contribution in [-0.2, 0) is 0 Å². The Kier molecular flexibility index (Phi) is 3.08. The molecule has 0 bridgehead atoms. The first-order valence-corrected chi connectivity index (χ1v) is 6.15. The predicted octanol–water partition coefficient (Wildman–Crippen LogP) is 2.55. The first kappa shape index (κ1) is 9.99. The maximum atomic E-state index is 3.53. The van der Waals surface area contributed by atoms with Crippen LogP contribution >= 0.6 is 11.3 Å². The zero-order valence-corrected chi connectivity index (χ0v) is 9.49. The minimum Gasteiger partial charge on any atom is -0.376 e. The lowest BCUT2D eigenvalue weighted by molar-refractivity contribution is 0.151. The Labute approximate surface area is 89.7 Å². The van der Waals surface area contributed by atoms with Gasteiger partial charge in [0, 0.05) is 18.5 Å². The van der Waals surface area contributed by atoms with E-state index in [-0.39, 0.29) is 0 Å². The van der Waals surface area contributed by atoms with Gasteiger partial charge in [0.15, 0.2) is 0 Å². The topological polar surface area (TPSA) is 24.1 Å². The van der Waals surface area contributed by atoms with E-state index in [9.17, 15) is 0 Å². The van der Waals surface area contributed by atoms with E-state index in [2.05, 4.69) is 28.1 Å². The third-order valence-electron chi connectivity index (χ3n) is 3.12. The highest BCUT2D eigenvalue weighted by molar-refractivity contribution is 7.14. The molecule has 0 spiro atoms. The molecule has 1 saturated carbocycles. The molecule has 1 aromatic heterocycles. The average Bonchev–Trinajstić information content (AvgIpc) is 2.62. The summed E-state index contributed by atoms with van der Waals surface area (Å²) < 4.78 is 0. The molecular formula is C11H18N2S. The number of hydrogen-bond donors (Lipinski definition) is 2. The lowest BCUT2D eigenvalue weighted by Crippen LogP contribution is -2.43. The van der Waals surface area contributed by atoms with Gasteiger partial charge in [0.05, 0.1) is 5.00 Å². The number of thiophene rings is 1. The molecule has 1 aromatic rings. The summed E-state index contributed by atoms with van der Waals surface area (Å²) in [6.07, 6.45) is 4.13. The van der Waals surface area contributed by atoms with Crippen molar-refractivity contribution >= 4 is 16.3 Å². The molecule has 3 heteroatoms. The maximum absolute atomic E-state index is 3.53. The number of nitrogens with one attached hydrogen (secondary N) is 2. The van der Waals surface area contributed by atoms with Gasteiger partial charge in [-0.3, -0.25) is 0 Å². The first-order chi connectivity index (χ1) is 6.85. The van der Waals surface area contributed by atoms with Crippen LogP contribution in [0.4, 0.5) is 5.00 Å². The largest absolute Gasteiger partial charge is 0.376 e. The van der Waals surface area contributed by atoms with Crippen molar-refractivity contribution in [3.8, 4) is 0 Å². The molecule has 2 nitrogen and oxygen atoms in total. The van der Waals surface area contributed by atoms with E-state index in [4.69, 9.17) is 0 Å². The van der Waals surface area contributed by atoms with Crippen molar-refractivity contribution in [1.82, 2.24) is 5.32 Å². The molecule has 2 N–H and O–H groups in total. The molecule has 1 heterocycles. The highest BCUT2D eigenvalue weighted by Crippen LogP contribution is 2.40. The van der Waals surface area contributed by atoms with Gasteiger partial charge in [-0.1, -0.05) is 6.42 Å². The molecular weight excluding hydrogens is 192 g/mol. The van der Waals surface area contributed by atoms with Crippen LogP contribution in [0, 0.1) is 5.41 Å². The lowest BCUT2D eigenvalue weighted by Gasteiger charge is -2.42. The highest BCUT2D eigenvalue weighted by atomic mass is 32.1. The minimum absolute atomic E-state index is 0.527. The fourth-order valence-electron chi connectivity index (χ4n) is 2.12. The third-order valence-corrected chi connectivity index (χ3v) is 3.95. The number of anilines is 1. The fourth-order valence-corrected chi connectivity index (χ4v) is 2.74. The van der Waals surface area contributed by atoms with Crippen molar-refractivity contribution in [1.29, 1.82) is 0 Å². The Hall–Kier alpha value is -0.540. The molecule has 0 saturated heterocycles. The second-order valence-electron chi connectivity index (χ2n) is 4.21. The van der Waals surface area contributed by atoms with Crippen molar-refractivity contribution in [3.05, 3.63) is 17.5 Å². The molecule has 2 rings (SSSR count). The van der Waals surface area contributed by atoms with Gasteiger partial charge in [0.25, 0.3) is 0 Å². The Morgan fingerprint density at radius 2 is 2.29 bits per heavy atom. The molecule has 0 amide bonds. The summed E-state index contributed by atoms with van der Waals surface area (Å²) in [6.45, 7) is 2.26. The standard InChI is InChI=1S/C11H18N2S/c1-12-8-11(5-3-6-11)9-13-10-4-2-7-14-10/h2,4,7,12-13H,3,5-6,8-9H2,1H3. The third kappa shape index (κ3) is 2.10. The molecule has 1 aliphatic rings. The SMILES string of the molecule is CNCC1(CNc2cccs2)CCC1. The van der Waals surface area contributed by atoms with Crippen LogP contribution in [0.3, 0.4) is 0 Å². The number of hydrogen-bond acceptors (Lipinski definition) is 3. The van der Waals surface area contributed by atoms with E-state index in [0.29, 0.717) is 5.41 Å². The zero-order valence-electron chi connectivity index (χ0n) is 8.68. The molecule has 0 aliphatic heterocycles. The molecule has 14 heavy (non-hydrogen) atoms. The molecule has 0 atom stereocenters. The summed E-state index contributed by atoms with van der Waals surface area (Å²) in [5.41, 5.74) is 0.527. The fraction of sp³-hybridized carbons (Fsp3) is 0.636. The van der Waals surface area contributed by atoms with E-state index >= 15 is 0 Å². The van der Waals surface area contributed by atoms with E-state index in [1.165, 1.54) is 24.3 Å². The summed E-state index contributed by atoms with van der Waals surface area (Å²) in [5.74, 6) is 0. The minimum atomic E-state index is 0.527. The smallest absolute Gasteiger partial charge is 0.0882 e. The van der Waals surface area contributed by atoms with Crippen molar-refractivity contribution < 1.29 is 0 Å². The van der Waals surface area contributed by atoms with Crippen LogP contribution in [0.15, 0.2) is 17.5 Å². The summed E-state index contributed by atoms with van der Waals surface area (Å²) in [4.78, 5) is 0. The van der Waals surface area contributed by atoms with Gasteiger partial charge in [-0.05, 0) is 37.4 Å². The summed E-state index contributed by atoms with van der Waals surface area (Å²) in [6, 6.07) is 4.24. The van der Waals surface area contributed by atoms with Crippen molar-refractivity contribution in [3.63, 3.8) is 0 Å². The van der Waals surface area contributed by atoms with Crippen LogP contribution in [0.1, 0.15) is 19.3 Å². The van der Waals surface area contributed by atoms with E-state index < -0.39 is 0 Å². The Morgan fingerprint density at radius 1 is 1.43 bits per heavy atom. The summed E-state index contributed by atoms with van der Waals surface area (Å²) in [5, 5.41) is 10.3. The van der Waals surface area contributed by atoms with Crippen LogP contribution < -0.4 is 10.6 Å². The molecule has 1 aliphatic carbocycles. The van der Waals surface area contributed by atoms with Gasteiger partial charge in [0.1, 0.15) is 0 Å². The zero-order chi connectivity index (χ0) is 9.86. The lowest BCUT2D eigenvalue weighted by atomic mass is 9.68. The van der Waals surface area contributed by atoms with E-state index in [1.54, 1.807) is 11.3 Å². The predicted molar refractivity (Wildman–Crippen MR) is 63.0 cm³/mol. The van der Waals surface area contributed by atoms with E-state index in [1.807, 2.05) is 7.05 Å². The summed E-state index contributed by atoms with van der Waals surface area (Å²) >= 11 is 1.78. The molecule has 0 radical (unpaired) electrons. The van der Waals surface area contributed by atoms with Gasteiger partial charge < -0.3 is 10.6 Å². The van der Waals surface area contributed by atoms with Crippen LogP contribution in [-0.4, -0.2) is 20.1 Å². The summed E-state index contributed by atoms with van der Waals surface area (Å²) in [7, 11) is 2.05. The van der Waals surface area contributed by atoms with E-state index in [0.717, 1.165) is 13.1 Å². The average molecular weight is 210 g/mol. The molecule has 0 unspecified atom stereocenters. The Morgan fingerprint density at radius 3 is 2.79 bits per heavy atom. The normalized spacial score (nSPS) is 18.9. The van der Waals surface area contributed by atoms with Crippen LogP contribution in [0.25, 0.3) is 0 Å². The van der Waals surface area contributed by atoms with Crippen molar-refractivity contribution in [2.24, 2.45) is 5.41 Å².